The number of aromatic nitrogens is 4. The van der Waals surface area contributed by atoms with Gasteiger partial charge in [-0.3, -0.25) is 4.68 Å². The molecule has 0 bridgehead atoms. The van der Waals surface area contributed by atoms with Crippen molar-refractivity contribution in [3.63, 3.8) is 0 Å². The summed E-state index contributed by atoms with van der Waals surface area (Å²) < 4.78 is 21.3. The lowest BCUT2D eigenvalue weighted by Crippen LogP contribution is -2.45. The smallest absolute Gasteiger partial charge is 0.144 e. The number of halogens is 1. The van der Waals surface area contributed by atoms with Gasteiger partial charge in [0.05, 0.1) is 24.0 Å². The molecule has 3 heterocycles. The predicted octanol–water partition coefficient (Wildman–Crippen LogP) is 3.62. The number of fused-ring (bicyclic) bond motifs is 1. The van der Waals surface area contributed by atoms with E-state index in [0.29, 0.717) is 12.3 Å². The molecule has 1 N–H and O–H groups in total. The molecule has 0 amide bonds. The number of ether oxygens (including phenoxy) is 1. The van der Waals surface area contributed by atoms with Crippen LogP contribution in [0.4, 0.5) is 10.1 Å². The highest BCUT2D eigenvalue weighted by Gasteiger charge is 2.29. The molecular weight excluding hydrogens is 409 g/mol. The maximum absolute atomic E-state index is 13.9. The van der Waals surface area contributed by atoms with Crippen molar-refractivity contribution in [1.29, 1.82) is 0 Å². The summed E-state index contributed by atoms with van der Waals surface area (Å²) in [7, 11) is 3.48. The largest absolute Gasteiger partial charge is 0.495 e. The normalized spacial score (nSPS) is 18.8. The molecule has 0 aliphatic carbocycles. The van der Waals surface area contributed by atoms with Gasteiger partial charge in [0.15, 0.2) is 0 Å². The van der Waals surface area contributed by atoms with Crippen LogP contribution in [0.25, 0.3) is 33.4 Å². The second-order valence-electron chi connectivity index (χ2n) is 8.01. The van der Waals surface area contributed by atoms with Crippen LogP contribution < -0.4 is 9.64 Å². The van der Waals surface area contributed by atoms with Crippen molar-refractivity contribution in [1.82, 2.24) is 19.7 Å². The van der Waals surface area contributed by atoms with Gasteiger partial charge < -0.3 is 14.7 Å². The summed E-state index contributed by atoms with van der Waals surface area (Å²) in [6, 6.07) is 13.8. The molecule has 1 aliphatic heterocycles. The number of nitrogens with zero attached hydrogens (tertiary/aromatic N) is 5. The predicted molar refractivity (Wildman–Crippen MR) is 121 cm³/mol. The standard InChI is InChI=1S/C24H24FN5O2/c1-29-12-17(23(28-29)15-6-4-3-5-7-15)24-16-10-20(30-9-8-18(25)21(31)13-30)22(32-2)11-19(16)26-14-27-24/h3-7,10-12,14,18,21,31H,8-9,13H2,1-2H3/t18-,21-/m1/s1. The fourth-order valence-corrected chi connectivity index (χ4v) is 4.29. The monoisotopic (exact) mass is 433 g/mol. The zero-order valence-electron chi connectivity index (χ0n) is 17.9. The first-order chi connectivity index (χ1) is 15.5. The Morgan fingerprint density at radius 2 is 1.94 bits per heavy atom. The fraction of sp³-hybridized carbons (Fsp3) is 0.292. The first-order valence-corrected chi connectivity index (χ1v) is 10.5. The van der Waals surface area contributed by atoms with E-state index in [1.54, 1.807) is 11.8 Å². The van der Waals surface area contributed by atoms with Crippen LogP contribution in [0.3, 0.4) is 0 Å². The summed E-state index contributed by atoms with van der Waals surface area (Å²) in [5.41, 5.74) is 5.00. The zero-order chi connectivity index (χ0) is 22.2. The van der Waals surface area contributed by atoms with Crippen LogP contribution in [0.2, 0.25) is 0 Å². The second-order valence-corrected chi connectivity index (χ2v) is 8.01. The van der Waals surface area contributed by atoms with E-state index in [4.69, 9.17) is 4.74 Å². The van der Waals surface area contributed by atoms with Crippen molar-refractivity contribution in [2.45, 2.75) is 18.7 Å². The van der Waals surface area contributed by atoms with Gasteiger partial charge >= 0.3 is 0 Å². The molecule has 1 aliphatic rings. The molecule has 0 radical (unpaired) electrons. The molecule has 2 aromatic heterocycles. The molecule has 0 unspecified atom stereocenters. The van der Waals surface area contributed by atoms with E-state index in [9.17, 15) is 9.50 Å². The van der Waals surface area contributed by atoms with Crippen molar-refractivity contribution in [3.8, 4) is 28.3 Å². The van der Waals surface area contributed by atoms with Crippen LogP contribution in [0, 0.1) is 0 Å². The Morgan fingerprint density at radius 3 is 2.69 bits per heavy atom. The van der Waals surface area contributed by atoms with Gasteiger partial charge in [-0.05, 0) is 12.5 Å². The van der Waals surface area contributed by atoms with E-state index in [1.165, 1.54) is 6.33 Å². The van der Waals surface area contributed by atoms with Crippen LogP contribution >= 0.6 is 0 Å². The Hall–Kier alpha value is -3.52. The average Bonchev–Trinajstić information content (AvgIpc) is 3.21. The van der Waals surface area contributed by atoms with Crippen LogP contribution in [-0.2, 0) is 7.05 Å². The van der Waals surface area contributed by atoms with E-state index in [2.05, 4.69) is 15.1 Å². The molecule has 32 heavy (non-hydrogen) atoms. The number of aliphatic hydroxyl groups excluding tert-OH is 1. The number of hydrogen-bond acceptors (Lipinski definition) is 6. The number of anilines is 1. The van der Waals surface area contributed by atoms with Crippen LogP contribution in [-0.4, -0.2) is 57.3 Å². The molecule has 4 aromatic rings. The Labute approximate surface area is 185 Å². The van der Waals surface area contributed by atoms with Gasteiger partial charge in [-0.1, -0.05) is 30.3 Å². The van der Waals surface area contributed by atoms with Crippen molar-refractivity contribution in [2.75, 3.05) is 25.1 Å². The highest BCUT2D eigenvalue weighted by Crippen LogP contribution is 2.39. The molecule has 2 aromatic carbocycles. The molecule has 5 rings (SSSR count). The number of benzene rings is 2. The highest BCUT2D eigenvalue weighted by atomic mass is 19.1. The topological polar surface area (TPSA) is 76.3 Å². The number of hydrogen-bond donors (Lipinski definition) is 1. The lowest BCUT2D eigenvalue weighted by Gasteiger charge is -2.34. The molecule has 0 spiro atoms. The van der Waals surface area contributed by atoms with Gasteiger partial charge in [0.1, 0.15) is 30.0 Å². The molecule has 8 heteroatoms. The summed E-state index contributed by atoms with van der Waals surface area (Å²) in [5, 5.41) is 15.6. The first-order valence-electron chi connectivity index (χ1n) is 10.5. The van der Waals surface area contributed by atoms with Gasteiger partial charge in [-0.15, -0.1) is 0 Å². The summed E-state index contributed by atoms with van der Waals surface area (Å²) in [6.45, 7) is 0.694. The maximum atomic E-state index is 13.9. The summed E-state index contributed by atoms with van der Waals surface area (Å²) in [5.74, 6) is 0.626. The average molecular weight is 433 g/mol. The summed E-state index contributed by atoms with van der Waals surface area (Å²) in [4.78, 5) is 11.0. The first kappa shape index (κ1) is 20.4. The number of aryl methyl sites for hydroxylation is 1. The van der Waals surface area contributed by atoms with Crippen molar-refractivity contribution < 1.29 is 14.2 Å². The highest BCUT2D eigenvalue weighted by molar-refractivity contribution is 5.98. The van der Waals surface area contributed by atoms with Crippen LogP contribution in [0.1, 0.15) is 6.42 Å². The third-order valence-electron chi connectivity index (χ3n) is 5.91. The number of rotatable bonds is 4. The Balaban J connectivity index is 1.68. The maximum Gasteiger partial charge on any atom is 0.144 e. The third-order valence-corrected chi connectivity index (χ3v) is 5.91. The number of aliphatic hydroxyl groups is 1. The molecular formula is C24H24FN5O2. The van der Waals surface area contributed by atoms with E-state index in [1.807, 2.05) is 60.6 Å². The van der Waals surface area contributed by atoms with E-state index in [0.717, 1.165) is 39.1 Å². The molecule has 0 saturated carbocycles. The number of piperidine rings is 1. The third kappa shape index (κ3) is 3.56. The van der Waals surface area contributed by atoms with Gasteiger partial charge in [0, 0.05) is 48.9 Å². The minimum Gasteiger partial charge on any atom is -0.495 e. The van der Waals surface area contributed by atoms with Crippen LogP contribution in [0.15, 0.2) is 55.0 Å². The lowest BCUT2D eigenvalue weighted by atomic mass is 10.0. The number of alkyl halides is 1. The summed E-state index contributed by atoms with van der Waals surface area (Å²) in [6.07, 6.45) is 1.52. The number of β-amino-alcohol motifs (C(OH)–C–C–N with tert-alkyl or cyclic N) is 1. The minimum absolute atomic E-state index is 0.203. The Morgan fingerprint density at radius 1 is 1.12 bits per heavy atom. The van der Waals surface area contributed by atoms with Crippen molar-refractivity contribution in [3.05, 3.63) is 55.0 Å². The van der Waals surface area contributed by atoms with Gasteiger partial charge in [-0.2, -0.15) is 5.10 Å². The second kappa shape index (κ2) is 8.20. The van der Waals surface area contributed by atoms with Crippen LogP contribution in [0.5, 0.6) is 5.75 Å². The Bertz CT molecular complexity index is 1260. The Kier molecular flexibility index (Phi) is 5.22. The molecule has 2 atom stereocenters. The molecule has 7 nitrogen and oxygen atoms in total. The van der Waals surface area contributed by atoms with E-state index < -0.39 is 12.3 Å². The molecule has 164 valence electrons. The van der Waals surface area contributed by atoms with Gasteiger partial charge in [0.25, 0.3) is 0 Å². The van der Waals surface area contributed by atoms with Gasteiger partial charge in [-0.25, -0.2) is 14.4 Å². The van der Waals surface area contributed by atoms with Gasteiger partial charge in [0.2, 0.25) is 0 Å². The quantitative estimate of drug-likeness (QED) is 0.530. The fourth-order valence-electron chi connectivity index (χ4n) is 4.29. The number of methoxy groups -OCH3 is 1. The lowest BCUT2D eigenvalue weighted by molar-refractivity contribution is 0.0644. The van der Waals surface area contributed by atoms with E-state index >= 15 is 0 Å². The SMILES string of the molecule is COc1cc2ncnc(-c3cn(C)nc3-c3ccccc3)c2cc1N1CC[C@@H](F)[C@H](O)C1. The summed E-state index contributed by atoms with van der Waals surface area (Å²) >= 11 is 0. The van der Waals surface area contributed by atoms with Crippen molar-refractivity contribution >= 4 is 16.6 Å². The molecule has 1 fully saturated rings. The zero-order valence-corrected chi connectivity index (χ0v) is 17.9. The molecule has 1 saturated heterocycles. The van der Waals surface area contributed by atoms with Crippen molar-refractivity contribution in [2.24, 2.45) is 7.05 Å². The van der Waals surface area contributed by atoms with E-state index in [-0.39, 0.29) is 13.0 Å². The minimum atomic E-state index is -1.21.